The van der Waals surface area contributed by atoms with Crippen LogP contribution in [0.25, 0.3) is 0 Å². The van der Waals surface area contributed by atoms with E-state index in [1.54, 1.807) is 0 Å². The van der Waals surface area contributed by atoms with Gasteiger partial charge in [0.05, 0.1) is 6.61 Å². The average Bonchev–Trinajstić information content (AvgIpc) is 2.39. The Morgan fingerprint density at radius 3 is 2.17 bits per heavy atom. The molecule has 2 N–H and O–H groups in total. The lowest BCUT2D eigenvalue weighted by molar-refractivity contribution is -0.147. The van der Waals surface area contributed by atoms with Crippen LogP contribution in [0.15, 0.2) is 0 Å². The number of carbonyl (C=O) groups excluding carboxylic acids is 1. The van der Waals surface area contributed by atoms with Gasteiger partial charge in [-0.05, 0) is 6.42 Å². The lowest BCUT2D eigenvalue weighted by Gasteiger charge is -2.08. The lowest BCUT2D eigenvalue weighted by atomic mass is 10.1. The van der Waals surface area contributed by atoms with Gasteiger partial charge in [-0.25, -0.2) is 0 Å². The van der Waals surface area contributed by atoms with Crippen LogP contribution >= 0.6 is 0 Å². The summed E-state index contributed by atoms with van der Waals surface area (Å²) < 4.78 is 4.81. The quantitative estimate of drug-likeness (QED) is 0.418. The third kappa shape index (κ3) is 11.9. The summed E-state index contributed by atoms with van der Waals surface area (Å²) in [6.07, 6.45) is 8.99. The average molecular weight is 260 g/mol. The molecule has 0 saturated carbocycles. The van der Waals surface area contributed by atoms with E-state index >= 15 is 0 Å². The van der Waals surface area contributed by atoms with Crippen LogP contribution in [0.1, 0.15) is 64.7 Å². The molecule has 18 heavy (non-hydrogen) atoms. The number of aliphatic hydroxyl groups is 2. The van der Waals surface area contributed by atoms with E-state index in [0.717, 1.165) is 12.8 Å². The summed E-state index contributed by atoms with van der Waals surface area (Å²) in [7, 11) is 0. The molecule has 0 heterocycles. The highest BCUT2D eigenvalue weighted by molar-refractivity contribution is 5.69. The first-order valence-corrected chi connectivity index (χ1v) is 7.15. The summed E-state index contributed by atoms with van der Waals surface area (Å²) in [5.74, 6) is -0.284. The Morgan fingerprint density at radius 2 is 1.61 bits per heavy atom. The van der Waals surface area contributed by atoms with E-state index in [2.05, 4.69) is 6.92 Å². The zero-order valence-electron chi connectivity index (χ0n) is 11.6. The van der Waals surface area contributed by atoms with Crippen molar-refractivity contribution in [1.82, 2.24) is 0 Å². The Labute approximate surface area is 110 Å². The summed E-state index contributed by atoms with van der Waals surface area (Å²) >= 11 is 0. The van der Waals surface area contributed by atoms with Gasteiger partial charge in [0.25, 0.3) is 0 Å². The Bertz CT molecular complexity index is 194. The fraction of sp³-hybridized carbons (Fsp3) is 0.929. The van der Waals surface area contributed by atoms with Crippen molar-refractivity contribution in [1.29, 1.82) is 0 Å². The predicted molar refractivity (Wildman–Crippen MR) is 71.3 cm³/mol. The van der Waals surface area contributed by atoms with Crippen molar-refractivity contribution in [3.8, 4) is 0 Å². The van der Waals surface area contributed by atoms with Gasteiger partial charge in [0.15, 0.2) is 0 Å². The van der Waals surface area contributed by atoms with Gasteiger partial charge < -0.3 is 14.9 Å². The van der Waals surface area contributed by atoms with Crippen LogP contribution in [0.3, 0.4) is 0 Å². The molecule has 4 nitrogen and oxygen atoms in total. The van der Waals surface area contributed by atoms with E-state index in [9.17, 15) is 4.79 Å². The van der Waals surface area contributed by atoms with Crippen molar-refractivity contribution >= 4 is 5.97 Å². The van der Waals surface area contributed by atoms with Crippen LogP contribution in [-0.2, 0) is 9.53 Å². The second-order valence-electron chi connectivity index (χ2n) is 4.74. The first kappa shape index (κ1) is 17.4. The summed E-state index contributed by atoms with van der Waals surface area (Å²) in [6, 6.07) is 0. The van der Waals surface area contributed by atoms with Gasteiger partial charge in [-0.3, -0.25) is 4.79 Å². The highest BCUT2D eigenvalue weighted by Gasteiger charge is 2.07. The molecule has 0 aromatic heterocycles. The maximum Gasteiger partial charge on any atom is 0.305 e. The van der Waals surface area contributed by atoms with E-state index in [1.807, 2.05) is 0 Å². The lowest BCUT2D eigenvalue weighted by Crippen LogP contribution is -2.21. The van der Waals surface area contributed by atoms with Gasteiger partial charge in [-0.15, -0.1) is 0 Å². The van der Waals surface area contributed by atoms with E-state index in [1.165, 1.54) is 38.5 Å². The van der Waals surface area contributed by atoms with Crippen molar-refractivity contribution in [2.24, 2.45) is 0 Å². The maximum absolute atomic E-state index is 11.2. The number of rotatable bonds is 12. The number of unbranched alkanes of at least 4 members (excludes halogenated alkanes) is 7. The predicted octanol–water partition coefficient (Wildman–Crippen LogP) is 2.41. The zero-order chi connectivity index (χ0) is 13.6. The molecule has 0 aromatic carbocycles. The molecule has 0 unspecified atom stereocenters. The minimum Gasteiger partial charge on any atom is -0.463 e. The van der Waals surface area contributed by atoms with Crippen LogP contribution in [0, 0.1) is 0 Å². The van der Waals surface area contributed by atoms with Crippen molar-refractivity contribution in [2.75, 3.05) is 13.2 Å². The number of aliphatic hydroxyl groups excluding tert-OH is 2. The number of esters is 1. The Kier molecular flexibility index (Phi) is 12.4. The summed E-state index contributed by atoms with van der Waals surface area (Å²) in [5.41, 5.74) is 0. The summed E-state index contributed by atoms with van der Waals surface area (Å²) in [6.45, 7) is 1.73. The number of ether oxygens (including phenoxy) is 1. The fourth-order valence-corrected chi connectivity index (χ4v) is 1.72. The Hall–Kier alpha value is -0.610. The monoisotopic (exact) mass is 260 g/mol. The standard InChI is InChI=1S/C14H28O4/c1-2-3-4-5-6-7-8-9-10-14(17)18-12-13(16)11-15/h13,15-16H,2-12H2,1H3/t13-/m0/s1. The van der Waals surface area contributed by atoms with Crippen molar-refractivity contribution in [2.45, 2.75) is 70.8 Å². The van der Waals surface area contributed by atoms with Gasteiger partial charge in [0.2, 0.25) is 0 Å². The van der Waals surface area contributed by atoms with Gasteiger partial charge in [0, 0.05) is 6.42 Å². The first-order chi connectivity index (χ1) is 8.70. The molecule has 0 aliphatic rings. The molecule has 0 aliphatic carbocycles. The molecule has 0 fully saturated rings. The molecule has 0 aliphatic heterocycles. The first-order valence-electron chi connectivity index (χ1n) is 7.15. The maximum atomic E-state index is 11.2. The molecular weight excluding hydrogens is 232 g/mol. The Morgan fingerprint density at radius 1 is 1.06 bits per heavy atom. The number of hydrogen-bond donors (Lipinski definition) is 2. The van der Waals surface area contributed by atoms with Crippen LogP contribution in [-0.4, -0.2) is 35.5 Å². The van der Waals surface area contributed by atoms with Crippen LogP contribution < -0.4 is 0 Å². The van der Waals surface area contributed by atoms with Crippen LogP contribution in [0.2, 0.25) is 0 Å². The topological polar surface area (TPSA) is 66.8 Å². The smallest absolute Gasteiger partial charge is 0.305 e. The highest BCUT2D eigenvalue weighted by atomic mass is 16.5. The fourth-order valence-electron chi connectivity index (χ4n) is 1.72. The van der Waals surface area contributed by atoms with Crippen LogP contribution in [0.5, 0.6) is 0 Å². The second-order valence-corrected chi connectivity index (χ2v) is 4.74. The van der Waals surface area contributed by atoms with Gasteiger partial charge in [-0.1, -0.05) is 51.9 Å². The molecule has 108 valence electrons. The molecular formula is C14H28O4. The van der Waals surface area contributed by atoms with Crippen LogP contribution in [0.4, 0.5) is 0 Å². The number of carbonyl (C=O) groups is 1. The largest absolute Gasteiger partial charge is 0.463 e. The summed E-state index contributed by atoms with van der Waals surface area (Å²) in [4.78, 5) is 11.2. The van der Waals surface area contributed by atoms with E-state index < -0.39 is 6.10 Å². The minimum atomic E-state index is -0.951. The molecule has 0 amide bonds. The van der Waals surface area contributed by atoms with Gasteiger partial charge >= 0.3 is 5.97 Å². The summed E-state index contributed by atoms with van der Waals surface area (Å²) in [5, 5.41) is 17.5. The number of hydrogen-bond acceptors (Lipinski definition) is 4. The molecule has 0 aromatic rings. The highest BCUT2D eigenvalue weighted by Crippen LogP contribution is 2.09. The molecule has 0 saturated heterocycles. The molecule has 4 heteroatoms. The molecule has 1 atom stereocenters. The van der Waals surface area contributed by atoms with E-state index in [-0.39, 0.29) is 19.2 Å². The normalized spacial score (nSPS) is 12.4. The van der Waals surface area contributed by atoms with Crippen molar-refractivity contribution in [3.63, 3.8) is 0 Å². The second kappa shape index (κ2) is 12.8. The van der Waals surface area contributed by atoms with E-state index in [4.69, 9.17) is 14.9 Å². The molecule has 0 rings (SSSR count). The molecule has 0 bridgehead atoms. The third-order valence-electron chi connectivity index (χ3n) is 2.88. The van der Waals surface area contributed by atoms with Crippen molar-refractivity contribution in [3.05, 3.63) is 0 Å². The van der Waals surface area contributed by atoms with Crippen molar-refractivity contribution < 1.29 is 19.7 Å². The zero-order valence-corrected chi connectivity index (χ0v) is 11.6. The SMILES string of the molecule is CCCCCCCCCCC(=O)OC[C@@H](O)CO. The van der Waals surface area contributed by atoms with Gasteiger partial charge in [0.1, 0.15) is 12.7 Å². The molecule has 0 radical (unpaired) electrons. The Balaban J connectivity index is 3.20. The minimum absolute atomic E-state index is 0.105. The molecule has 0 spiro atoms. The van der Waals surface area contributed by atoms with E-state index in [0.29, 0.717) is 6.42 Å². The van der Waals surface area contributed by atoms with Gasteiger partial charge in [-0.2, -0.15) is 0 Å². The third-order valence-corrected chi connectivity index (χ3v) is 2.88.